The van der Waals surface area contributed by atoms with Crippen molar-refractivity contribution < 1.29 is 9.90 Å². The van der Waals surface area contributed by atoms with E-state index >= 15 is 0 Å². The summed E-state index contributed by atoms with van der Waals surface area (Å²) in [5, 5.41) is 15.8. The van der Waals surface area contributed by atoms with Crippen LogP contribution in [0.3, 0.4) is 0 Å². The maximum absolute atomic E-state index is 12.1. The van der Waals surface area contributed by atoms with Crippen LogP contribution in [0.1, 0.15) is 46.0 Å². The number of nitrogens with zero attached hydrogens (tertiary/aromatic N) is 2. The first-order chi connectivity index (χ1) is 7.65. The van der Waals surface area contributed by atoms with E-state index in [1.54, 1.807) is 5.01 Å². The fraction of sp³-hybridized carbons (Fsp3) is 0.833. The molecule has 1 aliphatic carbocycles. The SMILES string of the molecule is CCC1C(=O)N(C2CCCCC2O)N=C1C. The summed E-state index contributed by atoms with van der Waals surface area (Å²) in [6.45, 7) is 3.91. The van der Waals surface area contributed by atoms with Gasteiger partial charge >= 0.3 is 0 Å². The summed E-state index contributed by atoms with van der Waals surface area (Å²) >= 11 is 0. The van der Waals surface area contributed by atoms with E-state index in [2.05, 4.69) is 5.10 Å². The monoisotopic (exact) mass is 224 g/mol. The number of carbonyl (C=O) groups is 1. The predicted octanol–water partition coefficient (Wildman–Crippen LogP) is 1.53. The van der Waals surface area contributed by atoms with Gasteiger partial charge in [-0.1, -0.05) is 19.8 Å². The van der Waals surface area contributed by atoms with E-state index in [9.17, 15) is 9.90 Å². The molecule has 0 bridgehead atoms. The first-order valence-corrected chi connectivity index (χ1v) is 6.21. The van der Waals surface area contributed by atoms with Crippen molar-refractivity contribution in [2.45, 2.75) is 58.1 Å². The van der Waals surface area contributed by atoms with E-state index in [1.807, 2.05) is 13.8 Å². The summed E-state index contributed by atoms with van der Waals surface area (Å²) in [7, 11) is 0. The molecule has 0 aromatic carbocycles. The lowest BCUT2D eigenvalue weighted by Crippen LogP contribution is -2.45. The smallest absolute Gasteiger partial charge is 0.251 e. The molecule has 3 atom stereocenters. The van der Waals surface area contributed by atoms with Crippen molar-refractivity contribution in [2.24, 2.45) is 11.0 Å². The third-order valence-electron chi connectivity index (χ3n) is 3.71. The van der Waals surface area contributed by atoms with E-state index in [4.69, 9.17) is 0 Å². The highest BCUT2D eigenvalue weighted by Crippen LogP contribution is 2.29. The number of aliphatic hydroxyl groups is 1. The standard InChI is InChI=1S/C12H20N2O2/c1-3-9-8(2)13-14(12(9)16)10-6-4-5-7-11(10)15/h9-11,15H,3-7H2,1-2H3. The fourth-order valence-electron chi connectivity index (χ4n) is 2.71. The van der Waals surface area contributed by atoms with E-state index in [1.165, 1.54) is 0 Å². The molecule has 1 fully saturated rings. The minimum Gasteiger partial charge on any atom is -0.391 e. The summed E-state index contributed by atoms with van der Waals surface area (Å²) in [6, 6.07) is -0.0900. The molecule has 1 amide bonds. The number of rotatable bonds is 2. The number of aliphatic hydroxyl groups excluding tert-OH is 1. The van der Waals surface area contributed by atoms with Crippen LogP contribution in [0.5, 0.6) is 0 Å². The highest BCUT2D eigenvalue weighted by molar-refractivity contribution is 6.06. The van der Waals surface area contributed by atoms with Crippen molar-refractivity contribution in [2.75, 3.05) is 0 Å². The van der Waals surface area contributed by atoms with Crippen molar-refractivity contribution in [3.63, 3.8) is 0 Å². The largest absolute Gasteiger partial charge is 0.391 e. The van der Waals surface area contributed by atoms with Crippen molar-refractivity contribution in [1.29, 1.82) is 0 Å². The second kappa shape index (κ2) is 4.53. The Morgan fingerprint density at radius 2 is 2.12 bits per heavy atom. The number of carbonyl (C=O) groups excluding carboxylic acids is 1. The Morgan fingerprint density at radius 3 is 2.69 bits per heavy atom. The average Bonchev–Trinajstić information content (AvgIpc) is 2.55. The van der Waals surface area contributed by atoms with Crippen LogP contribution in [-0.2, 0) is 4.79 Å². The Hall–Kier alpha value is -0.900. The molecule has 16 heavy (non-hydrogen) atoms. The number of hydrogen-bond acceptors (Lipinski definition) is 3. The summed E-state index contributed by atoms with van der Waals surface area (Å²) in [5.41, 5.74) is 0.894. The second-order valence-electron chi connectivity index (χ2n) is 4.80. The molecule has 0 radical (unpaired) electrons. The number of hydrogen-bond donors (Lipinski definition) is 1. The zero-order valence-corrected chi connectivity index (χ0v) is 10.0. The third kappa shape index (κ3) is 1.86. The van der Waals surface area contributed by atoms with Crippen molar-refractivity contribution in [1.82, 2.24) is 5.01 Å². The Bertz CT molecular complexity index is 314. The molecule has 1 saturated carbocycles. The molecule has 2 aliphatic rings. The van der Waals surface area contributed by atoms with Crippen LogP contribution in [0.15, 0.2) is 5.10 Å². The van der Waals surface area contributed by atoms with E-state index in [0.717, 1.165) is 37.8 Å². The predicted molar refractivity (Wildman–Crippen MR) is 62.0 cm³/mol. The van der Waals surface area contributed by atoms with Crippen molar-refractivity contribution in [3.8, 4) is 0 Å². The van der Waals surface area contributed by atoms with Crippen molar-refractivity contribution in [3.05, 3.63) is 0 Å². The van der Waals surface area contributed by atoms with Gasteiger partial charge in [0.2, 0.25) is 0 Å². The lowest BCUT2D eigenvalue weighted by Gasteiger charge is -2.32. The Kier molecular flexibility index (Phi) is 3.28. The highest BCUT2D eigenvalue weighted by Gasteiger charge is 2.39. The van der Waals surface area contributed by atoms with Crippen LogP contribution in [0.4, 0.5) is 0 Å². The van der Waals surface area contributed by atoms with Crippen LogP contribution in [-0.4, -0.2) is 33.9 Å². The maximum Gasteiger partial charge on any atom is 0.251 e. The number of hydrazone groups is 1. The molecule has 0 saturated heterocycles. The van der Waals surface area contributed by atoms with Gasteiger partial charge in [-0.15, -0.1) is 0 Å². The van der Waals surface area contributed by atoms with Gasteiger partial charge in [0.15, 0.2) is 0 Å². The topological polar surface area (TPSA) is 52.9 Å². The van der Waals surface area contributed by atoms with Crippen LogP contribution >= 0.6 is 0 Å². The molecule has 0 aromatic heterocycles. The first kappa shape index (κ1) is 11.6. The van der Waals surface area contributed by atoms with Gasteiger partial charge in [0.1, 0.15) is 0 Å². The molecule has 4 heteroatoms. The Balaban J connectivity index is 2.13. The molecular weight excluding hydrogens is 204 g/mol. The molecule has 0 spiro atoms. The van der Waals surface area contributed by atoms with E-state index in [0.29, 0.717) is 0 Å². The normalized spacial score (nSPS) is 35.4. The van der Waals surface area contributed by atoms with E-state index in [-0.39, 0.29) is 17.9 Å². The third-order valence-corrected chi connectivity index (χ3v) is 3.71. The molecule has 1 heterocycles. The first-order valence-electron chi connectivity index (χ1n) is 6.21. The van der Waals surface area contributed by atoms with Gasteiger partial charge in [-0.05, 0) is 26.2 Å². The Labute approximate surface area is 96.3 Å². The number of amides is 1. The quantitative estimate of drug-likeness (QED) is 0.773. The maximum atomic E-state index is 12.1. The minimum atomic E-state index is -0.398. The van der Waals surface area contributed by atoms with Gasteiger partial charge in [-0.3, -0.25) is 4.79 Å². The fourth-order valence-corrected chi connectivity index (χ4v) is 2.71. The lowest BCUT2D eigenvalue weighted by molar-refractivity contribution is -0.137. The zero-order valence-electron chi connectivity index (χ0n) is 10.0. The minimum absolute atomic E-state index is 0.0610. The summed E-state index contributed by atoms with van der Waals surface area (Å²) < 4.78 is 0. The van der Waals surface area contributed by atoms with Gasteiger partial charge < -0.3 is 5.11 Å². The van der Waals surface area contributed by atoms with Gasteiger partial charge in [-0.25, -0.2) is 5.01 Å². The van der Waals surface area contributed by atoms with Gasteiger partial charge in [0.25, 0.3) is 5.91 Å². The van der Waals surface area contributed by atoms with E-state index < -0.39 is 6.10 Å². The van der Waals surface area contributed by atoms with Gasteiger partial charge in [0, 0.05) is 5.71 Å². The van der Waals surface area contributed by atoms with Crippen molar-refractivity contribution >= 4 is 11.6 Å². The average molecular weight is 224 g/mol. The molecule has 4 nitrogen and oxygen atoms in total. The molecule has 2 rings (SSSR count). The molecule has 90 valence electrons. The summed E-state index contributed by atoms with van der Waals surface area (Å²) in [5.74, 6) is 0.0140. The second-order valence-corrected chi connectivity index (χ2v) is 4.80. The van der Waals surface area contributed by atoms with Crippen LogP contribution in [0, 0.1) is 5.92 Å². The zero-order chi connectivity index (χ0) is 11.7. The molecule has 1 aliphatic heterocycles. The molecule has 0 aromatic rings. The Morgan fingerprint density at radius 1 is 1.44 bits per heavy atom. The lowest BCUT2D eigenvalue weighted by atomic mass is 9.91. The van der Waals surface area contributed by atoms with Gasteiger partial charge in [-0.2, -0.15) is 5.10 Å². The van der Waals surface area contributed by atoms with Crippen LogP contribution in [0.25, 0.3) is 0 Å². The molecule has 1 N–H and O–H groups in total. The summed E-state index contributed by atoms with van der Waals surface area (Å²) in [6.07, 6.45) is 4.20. The van der Waals surface area contributed by atoms with Gasteiger partial charge in [0.05, 0.1) is 18.1 Å². The molecular formula is C12H20N2O2. The molecule has 3 unspecified atom stereocenters. The van der Waals surface area contributed by atoms with Crippen LogP contribution in [0.2, 0.25) is 0 Å². The summed E-state index contributed by atoms with van der Waals surface area (Å²) in [4.78, 5) is 12.1. The van der Waals surface area contributed by atoms with Crippen LogP contribution < -0.4 is 0 Å². The highest BCUT2D eigenvalue weighted by atomic mass is 16.3.